The second-order valence-corrected chi connectivity index (χ2v) is 8.54. The fourth-order valence-electron chi connectivity index (χ4n) is 4.56. The number of anilines is 1. The highest BCUT2D eigenvalue weighted by Crippen LogP contribution is 2.44. The summed E-state index contributed by atoms with van der Waals surface area (Å²) in [6.45, 7) is 3.71. The number of aromatic nitrogens is 2. The average Bonchev–Trinajstić information content (AvgIpc) is 3.39. The standard InChI is InChI=1S/C26H28N4O5/c1-4-26(5-2,24(33)27-22-14-21(23(31)32)29-30(22)3)28-25(34)35-15-20-18-12-8-6-10-16(18)17-11-7-9-13-19(17)20/h6-14,20H,4-5,15H2,1-3H3,(H,27,33)(H,28,34)(H,31,32). The van der Waals surface area contributed by atoms with Gasteiger partial charge in [-0.05, 0) is 35.1 Å². The predicted octanol–water partition coefficient (Wildman–Crippen LogP) is 4.15. The van der Waals surface area contributed by atoms with Crippen molar-refractivity contribution in [3.8, 4) is 11.1 Å². The van der Waals surface area contributed by atoms with Gasteiger partial charge in [-0.15, -0.1) is 0 Å². The van der Waals surface area contributed by atoms with Crippen LogP contribution < -0.4 is 10.6 Å². The number of carboxylic acid groups (broad SMARTS) is 1. The molecule has 9 heteroatoms. The molecule has 0 radical (unpaired) electrons. The van der Waals surface area contributed by atoms with Gasteiger partial charge in [0.2, 0.25) is 0 Å². The number of aromatic carboxylic acids is 1. The van der Waals surface area contributed by atoms with E-state index >= 15 is 0 Å². The third-order valence-corrected chi connectivity index (χ3v) is 6.67. The zero-order valence-electron chi connectivity index (χ0n) is 19.9. The third kappa shape index (κ3) is 4.49. The Morgan fingerprint density at radius 1 is 1.03 bits per heavy atom. The minimum absolute atomic E-state index is 0.0940. The Bertz CT molecular complexity index is 1230. The summed E-state index contributed by atoms with van der Waals surface area (Å²) in [5.74, 6) is -1.55. The number of fused-ring (bicyclic) bond motifs is 3. The van der Waals surface area contributed by atoms with E-state index in [4.69, 9.17) is 9.84 Å². The number of hydrogen-bond acceptors (Lipinski definition) is 5. The molecule has 1 aliphatic carbocycles. The van der Waals surface area contributed by atoms with Gasteiger partial charge in [0, 0.05) is 19.0 Å². The van der Waals surface area contributed by atoms with Crippen LogP contribution >= 0.6 is 0 Å². The third-order valence-electron chi connectivity index (χ3n) is 6.67. The van der Waals surface area contributed by atoms with Gasteiger partial charge in [-0.3, -0.25) is 9.48 Å². The summed E-state index contributed by atoms with van der Waals surface area (Å²) < 4.78 is 6.90. The summed E-state index contributed by atoms with van der Waals surface area (Å²) in [4.78, 5) is 37.2. The zero-order chi connectivity index (χ0) is 25.2. The van der Waals surface area contributed by atoms with Crippen LogP contribution in [0.25, 0.3) is 11.1 Å². The fraction of sp³-hybridized carbons (Fsp3) is 0.308. The molecule has 3 aromatic rings. The van der Waals surface area contributed by atoms with Crippen molar-refractivity contribution in [3.05, 3.63) is 71.4 Å². The van der Waals surface area contributed by atoms with Gasteiger partial charge in [0.15, 0.2) is 5.69 Å². The van der Waals surface area contributed by atoms with E-state index in [0.29, 0.717) is 12.8 Å². The molecule has 1 aromatic heterocycles. The van der Waals surface area contributed by atoms with E-state index in [1.165, 1.54) is 17.8 Å². The van der Waals surface area contributed by atoms with Crippen molar-refractivity contribution < 1.29 is 24.2 Å². The predicted molar refractivity (Wildman–Crippen MR) is 130 cm³/mol. The minimum Gasteiger partial charge on any atom is -0.476 e. The van der Waals surface area contributed by atoms with Gasteiger partial charge >= 0.3 is 12.1 Å². The van der Waals surface area contributed by atoms with Gasteiger partial charge in [0.05, 0.1) is 0 Å². The molecule has 182 valence electrons. The van der Waals surface area contributed by atoms with Crippen molar-refractivity contribution in [2.45, 2.75) is 38.1 Å². The molecule has 2 amide bonds. The molecule has 0 atom stereocenters. The van der Waals surface area contributed by atoms with Crippen LogP contribution in [0, 0.1) is 0 Å². The molecular formula is C26H28N4O5. The van der Waals surface area contributed by atoms with Gasteiger partial charge in [-0.2, -0.15) is 5.10 Å². The van der Waals surface area contributed by atoms with Crippen LogP contribution in [-0.2, 0) is 16.6 Å². The maximum absolute atomic E-state index is 13.2. The van der Waals surface area contributed by atoms with Crippen LogP contribution in [-0.4, -0.2) is 45.0 Å². The second kappa shape index (κ2) is 9.61. The van der Waals surface area contributed by atoms with E-state index in [0.717, 1.165) is 22.3 Å². The number of carbonyl (C=O) groups excluding carboxylic acids is 2. The first-order chi connectivity index (χ1) is 16.8. The summed E-state index contributed by atoms with van der Waals surface area (Å²) in [6.07, 6.45) is -0.0752. The molecule has 0 fully saturated rings. The first-order valence-corrected chi connectivity index (χ1v) is 11.5. The number of carbonyl (C=O) groups is 3. The number of alkyl carbamates (subject to hydrolysis) is 1. The van der Waals surface area contributed by atoms with Gasteiger partial charge in [-0.25, -0.2) is 9.59 Å². The smallest absolute Gasteiger partial charge is 0.408 e. The van der Waals surface area contributed by atoms with E-state index in [1.54, 1.807) is 13.8 Å². The van der Waals surface area contributed by atoms with Crippen molar-refractivity contribution >= 4 is 23.8 Å². The van der Waals surface area contributed by atoms with Crippen molar-refractivity contribution in [2.24, 2.45) is 7.05 Å². The zero-order valence-corrected chi connectivity index (χ0v) is 19.9. The number of amides is 2. The van der Waals surface area contributed by atoms with Gasteiger partial charge in [-0.1, -0.05) is 62.4 Å². The lowest BCUT2D eigenvalue weighted by Crippen LogP contribution is -2.56. The first-order valence-electron chi connectivity index (χ1n) is 11.5. The molecule has 0 aliphatic heterocycles. The van der Waals surface area contributed by atoms with Gasteiger partial charge in [0.1, 0.15) is 18.0 Å². The van der Waals surface area contributed by atoms with Crippen molar-refractivity contribution in [2.75, 3.05) is 11.9 Å². The number of aryl methyl sites for hydroxylation is 1. The molecule has 0 bridgehead atoms. The van der Waals surface area contributed by atoms with E-state index in [1.807, 2.05) is 36.4 Å². The number of hydrogen-bond donors (Lipinski definition) is 3. The largest absolute Gasteiger partial charge is 0.476 e. The highest BCUT2D eigenvalue weighted by Gasteiger charge is 2.38. The number of ether oxygens (including phenoxy) is 1. The maximum Gasteiger partial charge on any atom is 0.408 e. The lowest BCUT2D eigenvalue weighted by molar-refractivity contribution is -0.122. The molecule has 0 unspecified atom stereocenters. The van der Waals surface area contributed by atoms with Crippen LogP contribution in [0.5, 0.6) is 0 Å². The highest BCUT2D eigenvalue weighted by molar-refractivity contribution is 6.00. The molecule has 3 N–H and O–H groups in total. The monoisotopic (exact) mass is 476 g/mol. The molecule has 35 heavy (non-hydrogen) atoms. The SMILES string of the molecule is CCC(CC)(NC(=O)OCC1c2ccccc2-c2ccccc21)C(=O)Nc1cc(C(=O)O)nn1C. The first kappa shape index (κ1) is 24.0. The topological polar surface area (TPSA) is 123 Å². The molecule has 0 saturated heterocycles. The second-order valence-electron chi connectivity index (χ2n) is 8.54. The van der Waals surface area contributed by atoms with Crippen molar-refractivity contribution in [1.82, 2.24) is 15.1 Å². The lowest BCUT2D eigenvalue weighted by Gasteiger charge is -2.31. The number of carboxylic acids is 1. The van der Waals surface area contributed by atoms with Crippen LogP contribution in [0.2, 0.25) is 0 Å². The fourth-order valence-corrected chi connectivity index (χ4v) is 4.56. The lowest BCUT2D eigenvalue weighted by atomic mass is 9.92. The Morgan fingerprint density at radius 3 is 2.11 bits per heavy atom. The Labute approximate surface area is 203 Å². The van der Waals surface area contributed by atoms with Gasteiger partial charge < -0.3 is 20.5 Å². The van der Waals surface area contributed by atoms with Crippen molar-refractivity contribution in [1.29, 1.82) is 0 Å². The number of benzene rings is 2. The summed E-state index contributed by atoms with van der Waals surface area (Å²) in [5.41, 5.74) is 3.03. The van der Waals surface area contributed by atoms with Crippen LogP contribution in [0.3, 0.4) is 0 Å². The number of nitrogens with one attached hydrogen (secondary N) is 2. The van der Waals surface area contributed by atoms with Crippen LogP contribution in [0.1, 0.15) is 54.2 Å². The molecule has 2 aromatic carbocycles. The molecule has 0 spiro atoms. The van der Waals surface area contributed by atoms with E-state index in [9.17, 15) is 14.4 Å². The van der Waals surface area contributed by atoms with E-state index < -0.39 is 23.5 Å². The summed E-state index contributed by atoms with van der Waals surface area (Å²) in [5, 5.41) is 18.4. The number of rotatable bonds is 8. The van der Waals surface area contributed by atoms with Crippen LogP contribution in [0.15, 0.2) is 54.6 Å². The van der Waals surface area contributed by atoms with Crippen molar-refractivity contribution in [3.63, 3.8) is 0 Å². The summed E-state index contributed by atoms with van der Waals surface area (Å²) >= 11 is 0. The van der Waals surface area contributed by atoms with E-state index in [-0.39, 0.29) is 24.0 Å². The van der Waals surface area contributed by atoms with E-state index in [2.05, 4.69) is 27.9 Å². The number of nitrogens with zero attached hydrogens (tertiary/aromatic N) is 2. The highest BCUT2D eigenvalue weighted by atomic mass is 16.5. The summed E-state index contributed by atoms with van der Waals surface area (Å²) in [6, 6.07) is 17.4. The normalized spacial score (nSPS) is 12.5. The Morgan fingerprint density at radius 2 is 1.60 bits per heavy atom. The Kier molecular flexibility index (Phi) is 6.59. The quantitative estimate of drug-likeness (QED) is 0.449. The molecule has 1 heterocycles. The minimum atomic E-state index is -1.24. The molecule has 0 saturated carbocycles. The summed E-state index contributed by atoms with van der Waals surface area (Å²) in [7, 11) is 1.53. The molecule has 9 nitrogen and oxygen atoms in total. The Hall–Kier alpha value is -4.14. The van der Waals surface area contributed by atoms with Gasteiger partial charge in [0.25, 0.3) is 5.91 Å². The molecule has 4 rings (SSSR count). The van der Waals surface area contributed by atoms with Crippen LogP contribution in [0.4, 0.5) is 10.6 Å². The Balaban J connectivity index is 1.47. The maximum atomic E-state index is 13.2. The average molecular weight is 477 g/mol. The molecule has 1 aliphatic rings. The molecular weight excluding hydrogens is 448 g/mol.